The third-order valence-electron chi connectivity index (χ3n) is 5.80. The van der Waals surface area contributed by atoms with E-state index in [0.29, 0.717) is 23.1 Å². The van der Waals surface area contributed by atoms with Gasteiger partial charge < -0.3 is 20.4 Å². The zero-order valence-corrected chi connectivity index (χ0v) is 21.9. The summed E-state index contributed by atoms with van der Waals surface area (Å²) >= 11 is 6.53. The number of hydrogen-bond acceptors (Lipinski definition) is 9. The van der Waals surface area contributed by atoms with Crippen LogP contribution in [-0.2, 0) is 19.7 Å². The van der Waals surface area contributed by atoms with Crippen molar-refractivity contribution in [3.63, 3.8) is 0 Å². The number of halogens is 1. The zero-order valence-electron chi connectivity index (χ0n) is 20.3. The van der Waals surface area contributed by atoms with E-state index in [9.17, 15) is 18.0 Å². The summed E-state index contributed by atoms with van der Waals surface area (Å²) in [7, 11) is -3.99. The summed E-state index contributed by atoms with van der Waals surface area (Å²) in [4.78, 5) is 41.4. The van der Waals surface area contributed by atoms with Crippen molar-refractivity contribution in [2.45, 2.75) is 30.2 Å². The lowest BCUT2D eigenvalue weighted by atomic mass is 10.0. The Morgan fingerprint density at radius 3 is 2.58 bits per heavy atom. The second-order valence-electron chi connectivity index (χ2n) is 8.55. The van der Waals surface area contributed by atoms with Crippen molar-refractivity contribution in [2.75, 3.05) is 29.9 Å². The maximum absolute atomic E-state index is 12.6. The SMILES string of the molecule is O=C(CCNC(=O)c1ccc(N2CCC[C@H](Nc3ncccn3)C2)c(Cl)c1)ONS(=O)(=O)c1ccccc1. The van der Waals surface area contributed by atoms with Crippen molar-refractivity contribution in [1.82, 2.24) is 20.2 Å². The molecule has 2 heterocycles. The van der Waals surface area contributed by atoms with Gasteiger partial charge in [0.2, 0.25) is 5.95 Å². The molecule has 0 aliphatic carbocycles. The number of piperidine rings is 1. The molecule has 0 unspecified atom stereocenters. The van der Waals surface area contributed by atoms with E-state index >= 15 is 0 Å². The Balaban J connectivity index is 1.25. The predicted molar refractivity (Wildman–Crippen MR) is 142 cm³/mol. The Bertz CT molecular complexity index is 1360. The highest BCUT2D eigenvalue weighted by Gasteiger charge is 2.23. The van der Waals surface area contributed by atoms with Crippen molar-refractivity contribution in [3.8, 4) is 0 Å². The van der Waals surface area contributed by atoms with Crippen LogP contribution in [-0.4, -0.2) is 55.9 Å². The second kappa shape index (κ2) is 12.7. The van der Waals surface area contributed by atoms with E-state index in [1.807, 2.05) is 0 Å². The smallest absolute Gasteiger partial charge is 0.327 e. The van der Waals surface area contributed by atoms with Crippen LogP contribution in [0.5, 0.6) is 0 Å². The Morgan fingerprint density at radius 1 is 1.08 bits per heavy atom. The molecule has 0 bridgehead atoms. The molecule has 2 aromatic carbocycles. The zero-order chi connectivity index (χ0) is 27.0. The number of amides is 1. The van der Waals surface area contributed by atoms with Gasteiger partial charge in [0.15, 0.2) is 0 Å². The molecule has 3 N–H and O–H groups in total. The number of rotatable bonds is 10. The summed E-state index contributed by atoms with van der Waals surface area (Å²) in [5.74, 6) is -0.683. The standard InChI is InChI=1S/C25H27ClN6O5S/c26-21-16-18(9-10-22(21)32-15-4-6-19(17-32)30-25-28-12-5-13-29-25)24(34)27-14-11-23(33)37-31-38(35,36)20-7-2-1-3-8-20/h1-3,5,7-10,12-13,16,19,31H,4,6,11,14-15,17H2,(H,27,34)(H,28,29,30)/t19-/m0/s1. The van der Waals surface area contributed by atoms with Crippen LogP contribution in [0.2, 0.25) is 5.02 Å². The summed E-state index contributed by atoms with van der Waals surface area (Å²) in [6.45, 7) is 1.49. The minimum atomic E-state index is -3.99. The van der Waals surface area contributed by atoms with Crippen LogP contribution in [0.15, 0.2) is 71.9 Å². The Morgan fingerprint density at radius 2 is 1.84 bits per heavy atom. The molecule has 1 aliphatic rings. The molecule has 200 valence electrons. The first-order chi connectivity index (χ1) is 18.3. The first kappa shape index (κ1) is 27.3. The average molecular weight is 559 g/mol. The molecule has 4 rings (SSSR count). The van der Waals surface area contributed by atoms with Gasteiger partial charge in [-0.05, 0) is 54.1 Å². The van der Waals surface area contributed by atoms with Gasteiger partial charge in [0, 0.05) is 43.6 Å². The largest absolute Gasteiger partial charge is 0.368 e. The van der Waals surface area contributed by atoms with E-state index in [4.69, 9.17) is 11.6 Å². The number of nitrogens with zero attached hydrogens (tertiary/aromatic N) is 3. The van der Waals surface area contributed by atoms with Crippen LogP contribution >= 0.6 is 11.6 Å². The first-order valence-corrected chi connectivity index (χ1v) is 13.8. The van der Waals surface area contributed by atoms with Crippen LogP contribution in [0, 0.1) is 0 Å². The lowest BCUT2D eigenvalue weighted by Gasteiger charge is -2.35. The molecule has 1 amide bonds. The molecule has 1 aliphatic heterocycles. The van der Waals surface area contributed by atoms with Gasteiger partial charge >= 0.3 is 5.97 Å². The average Bonchev–Trinajstić information content (AvgIpc) is 2.93. The third-order valence-corrected chi connectivity index (χ3v) is 7.30. The van der Waals surface area contributed by atoms with Crippen molar-refractivity contribution >= 4 is 45.1 Å². The summed E-state index contributed by atoms with van der Waals surface area (Å²) in [6.07, 6.45) is 5.07. The topological polar surface area (TPSA) is 143 Å². The fraction of sp³-hybridized carbons (Fsp3) is 0.280. The van der Waals surface area contributed by atoms with Gasteiger partial charge in [0.1, 0.15) is 0 Å². The van der Waals surface area contributed by atoms with Gasteiger partial charge in [0.25, 0.3) is 15.9 Å². The number of nitrogens with one attached hydrogen (secondary N) is 3. The Labute approximate surface area is 225 Å². The maximum Gasteiger partial charge on any atom is 0.327 e. The third kappa shape index (κ3) is 7.40. The fourth-order valence-corrected chi connectivity index (χ4v) is 5.07. The molecule has 1 fully saturated rings. The molecule has 1 saturated heterocycles. The highest BCUT2D eigenvalue weighted by molar-refractivity contribution is 7.89. The highest BCUT2D eigenvalue weighted by Crippen LogP contribution is 2.30. The van der Waals surface area contributed by atoms with Crippen molar-refractivity contribution in [3.05, 3.63) is 77.6 Å². The van der Waals surface area contributed by atoms with E-state index in [1.54, 1.807) is 59.7 Å². The van der Waals surface area contributed by atoms with Gasteiger partial charge in [-0.2, -0.15) is 0 Å². The van der Waals surface area contributed by atoms with Gasteiger partial charge in [-0.1, -0.05) is 29.8 Å². The van der Waals surface area contributed by atoms with Crippen LogP contribution in [0.1, 0.15) is 29.6 Å². The summed E-state index contributed by atoms with van der Waals surface area (Å²) < 4.78 is 24.2. The molecule has 13 heteroatoms. The predicted octanol–water partition coefficient (Wildman–Crippen LogP) is 2.77. The van der Waals surface area contributed by atoms with E-state index in [1.165, 1.54) is 12.1 Å². The number of hydrogen-bond donors (Lipinski definition) is 3. The molecule has 1 aromatic heterocycles. The number of carbonyl (C=O) groups is 2. The number of carbonyl (C=O) groups excluding carboxylic acids is 2. The molecule has 1 atom stereocenters. The maximum atomic E-state index is 12.6. The number of benzene rings is 2. The van der Waals surface area contributed by atoms with Crippen molar-refractivity contribution in [1.29, 1.82) is 0 Å². The van der Waals surface area contributed by atoms with Gasteiger partial charge in [-0.25, -0.2) is 18.4 Å². The van der Waals surface area contributed by atoms with Crippen LogP contribution in [0.25, 0.3) is 0 Å². The van der Waals surface area contributed by atoms with Gasteiger partial charge in [-0.15, -0.1) is 0 Å². The lowest BCUT2D eigenvalue weighted by molar-refractivity contribution is -0.146. The Kier molecular flexibility index (Phi) is 9.10. The lowest BCUT2D eigenvalue weighted by Crippen LogP contribution is -2.42. The molecule has 11 nitrogen and oxygen atoms in total. The molecular weight excluding hydrogens is 532 g/mol. The van der Waals surface area contributed by atoms with E-state index < -0.39 is 21.9 Å². The number of anilines is 2. The highest BCUT2D eigenvalue weighted by atomic mass is 35.5. The number of sulfonamides is 1. The van der Waals surface area contributed by atoms with Crippen LogP contribution in [0.3, 0.4) is 0 Å². The number of aromatic nitrogens is 2. The monoisotopic (exact) mass is 558 g/mol. The van der Waals surface area contributed by atoms with Gasteiger partial charge in [0.05, 0.1) is 22.0 Å². The minimum Gasteiger partial charge on any atom is -0.368 e. The van der Waals surface area contributed by atoms with Crippen molar-refractivity contribution < 1.29 is 22.8 Å². The molecule has 3 aromatic rings. The quantitative estimate of drug-likeness (QED) is 0.320. The summed E-state index contributed by atoms with van der Waals surface area (Å²) in [5.41, 5.74) is 1.15. The van der Waals surface area contributed by atoms with E-state index in [2.05, 4.69) is 30.3 Å². The molecule has 38 heavy (non-hydrogen) atoms. The normalized spacial score (nSPS) is 15.5. The van der Waals surface area contributed by atoms with E-state index in [-0.39, 0.29) is 23.9 Å². The first-order valence-electron chi connectivity index (χ1n) is 11.9. The second-order valence-corrected chi connectivity index (χ2v) is 10.6. The van der Waals surface area contributed by atoms with Crippen LogP contribution < -0.4 is 20.4 Å². The summed E-state index contributed by atoms with van der Waals surface area (Å²) in [6, 6.07) is 14.5. The van der Waals surface area contributed by atoms with Crippen molar-refractivity contribution in [2.24, 2.45) is 0 Å². The summed E-state index contributed by atoms with van der Waals surface area (Å²) in [5, 5.41) is 6.38. The van der Waals surface area contributed by atoms with Gasteiger partial charge in [-0.3, -0.25) is 9.59 Å². The van der Waals surface area contributed by atoms with E-state index in [0.717, 1.165) is 25.1 Å². The molecular formula is C25H27ClN6O5S. The molecule has 0 spiro atoms. The fourth-order valence-electron chi connectivity index (χ4n) is 3.95. The van der Waals surface area contributed by atoms with Crippen LogP contribution in [0.4, 0.5) is 11.6 Å². The molecule has 0 saturated carbocycles. The Hall–Kier alpha value is -3.74. The molecule has 0 radical (unpaired) electrons. The minimum absolute atomic E-state index is 0.0389.